The van der Waals surface area contributed by atoms with Crippen LogP contribution in [0.2, 0.25) is 5.31 Å². The van der Waals surface area contributed by atoms with Gasteiger partial charge in [-0.25, -0.2) is 0 Å². The molecule has 0 saturated heterocycles. The summed E-state index contributed by atoms with van der Waals surface area (Å²) in [6.45, 7) is 7.24. The lowest BCUT2D eigenvalue weighted by atomic mass is 9.50. The molecule has 1 heteroatoms. The highest BCUT2D eigenvalue weighted by Gasteiger charge is 2.36. The van der Waals surface area contributed by atoms with Crippen molar-refractivity contribution in [3.05, 3.63) is 35.4 Å². The molecule has 0 N–H and O–H groups in total. The Balaban J connectivity index is 2.24. The van der Waals surface area contributed by atoms with Crippen LogP contribution in [0.15, 0.2) is 24.3 Å². The largest absolute Gasteiger partial charge is 0.110 e. The molecule has 1 atom stereocenters. The molecule has 0 aliphatic heterocycles. The molecule has 1 aromatic rings. The van der Waals surface area contributed by atoms with E-state index in [9.17, 15) is 0 Å². The van der Waals surface area contributed by atoms with Crippen molar-refractivity contribution in [2.75, 3.05) is 0 Å². The van der Waals surface area contributed by atoms with E-state index < -0.39 is 0 Å². The molecule has 0 amide bonds. The molecule has 1 aliphatic carbocycles. The second-order valence-corrected chi connectivity index (χ2v) is 7.29. The lowest BCUT2D eigenvalue weighted by Gasteiger charge is -2.43. The number of benzene rings is 1. The van der Waals surface area contributed by atoms with Crippen LogP contribution < -0.4 is 0 Å². The third-order valence-corrected chi connectivity index (χ3v) is 5.30. The van der Waals surface area contributed by atoms with E-state index in [2.05, 4.69) is 52.9 Å². The summed E-state index contributed by atoms with van der Waals surface area (Å²) in [7, 11) is 2.50. The maximum Gasteiger partial charge on any atom is 0.110 e. The molecule has 0 aromatic heterocycles. The van der Waals surface area contributed by atoms with Crippen LogP contribution in [0.5, 0.6) is 0 Å². The fourth-order valence-corrected chi connectivity index (χ4v) is 3.16. The molecule has 0 spiro atoms. The highest BCUT2D eigenvalue weighted by Crippen LogP contribution is 2.50. The summed E-state index contributed by atoms with van der Waals surface area (Å²) in [4.78, 5) is 0. The first kappa shape index (κ1) is 13.7. The first-order valence-corrected chi connectivity index (χ1v) is 7.49. The SMILES string of the molecule is BC1(C(C)(C)C)CCCCc2ccccc2CC1. The van der Waals surface area contributed by atoms with Crippen molar-refractivity contribution in [2.24, 2.45) is 5.41 Å². The third kappa shape index (κ3) is 2.82. The predicted molar refractivity (Wildman–Crippen MR) is 83.0 cm³/mol. The molecule has 1 unspecified atom stereocenters. The number of fused-ring (bicyclic) bond motifs is 1. The number of aryl methyl sites for hydroxylation is 2. The van der Waals surface area contributed by atoms with Gasteiger partial charge in [-0.3, -0.25) is 0 Å². The fourth-order valence-electron chi connectivity index (χ4n) is 3.16. The summed E-state index contributed by atoms with van der Waals surface area (Å²) in [5.41, 5.74) is 3.59. The minimum atomic E-state index is 0.409. The lowest BCUT2D eigenvalue weighted by Crippen LogP contribution is -2.30. The van der Waals surface area contributed by atoms with Gasteiger partial charge in [-0.15, -0.1) is 0 Å². The summed E-state index contributed by atoms with van der Waals surface area (Å²) >= 11 is 0. The summed E-state index contributed by atoms with van der Waals surface area (Å²) < 4.78 is 0. The minimum absolute atomic E-state index is 0.409. The molecule has 2 rings (SSSR count). The topological polar surface area (TPSA) is 0 Å². The molecule has 0 heterocycles. The highest BCUT2D eigenvalue weighted by molar-refractivity contribution is 6.15. The molecular formula is C17H27B. The highest BCUT2D eigenvalue weighted by atomic mass is 14.4. The van der Waals surface area contributed by atoms with Crippen molar-refractivity contribution in [1.29, 1.82) is 0 Å². The van der Waals surface area contributed by atoms with E-state index in [4.69, 9.17) is 0 Å². The van der Waals surface area contributed by atoms with Gasteiger partial charge in [0.15, 0.2) is 0 Å². The maximum absolute atomic E-state index is 2.50. The van der Waals surface area contributed by atoms with E-state index in [0.29, 0.717) is 10.7 Å². The average Bonchev–Trinajstić information content (AvgIpc) is 2.39. The van der Waals surface area contributed by atoms with Crippen LogP contribution in [0.3, 0.4) is 0 Å². The van der Waals surface area contributed by atoms with Gasteiger partial charge in [0.2, 0.25) is 0 Å². The van der Waals surface area contributed by atoms with Gasteiger partial charge in [0.1, 0.15) is 7.85 Å². The Bertz CT molecular complexity index is 402. The van der Waals surface area contributed by atoms with E-state index in [-0.39, 0.29) is 0 Å². The number of rotatable bonds is 0. The van der Waals surface area contributed by atoms with Gasteiger partial charge >= 0.3 is 0 Å². The number of hydrogen-bond donors (Lipinski definition) is 0. The van der Waals surface area contributed by atoms with Crippen LogP contribution in [0.4, 0.5) is 0 Å². The Morgan fingerprint density at radius 2 is 1.56 bits per heavy atom. The smallest absolute Gasteiger partial charge is 0.0620 e. The van der Waals surface area contributed by atoms with E-state index in [1.807, 2.05) is 0 Å². The minimum Gasteiger partial charge on any atom is -0.0620 e. The maximum atomic E-state index is 2.50. The zero-order chi connectivity index (χ0) is 13.2. The van der Waals surface area contributed by atoms with Crippen LogP contribution in [-0.2, 0) is 12.8 Å². The Kier molecular flexibility index (Phi) is 3.89. The van der Waals surface area contributed by atoms with Gasteiger partial charge in [0.05, 0.1) is 0 Å². The second kappa shape index (κ2) is 5.11. The van der Waals surface area contributed by atoms with Crippen LogP contribution in [0.1, 0.15) is 57.6 Å². The van der Waals surface area contributed by atoms with Crippen molar-refractivity contribution in [1.82, 2.24) is 0 Å². The summed E-state index contributed by atoms with van der Waals surface area (Å²) in [6.07, 6.45) is 7.96. The molecule has 0 saturated carbocycles. The summed E-state index contributed by atoms with van der Waals surface area (Å²) in [5.74, 6) is 0. The van der Waals surface area contributed by atoms with Gasteiger partial charge in [-0.2, -0.15) is 0 Å². The Morgan fingerprint density at radius 3 is 2.17 bits per heavy atom. The number of hydrogen-bond acceptors (Lipinski definition) is 0. The Hall–Kier alpha value is -0.715. The lowest BCUT2D eigenvalue weighted by molar-refractivity contribution is 0.229. The first-order chi connectivity index (χ1) is 8.42. The normalized spacial score (nSPS) is 25.7. The van der Waals surface area contributed by atoms with Gasteiger partial charge in [0, 0.05) is 0 Å². The average molecular weight is 242 g/mol. The summed E-state index contributed by atoms with van der Waals surface area (Å²) in [5, 5.41) is 0.477. The molecule has 0 nitrogen and oxygen atoms in total. The first-order valence-electron chi connectivity index (χ1n) is 7.49. The molecule has 0 radical (unpaired) electrons. The standard InChI is InChI=1S/C17H27B/c1-16(2,3)17(18)12-7-6-10-14-8-4-5-9-15(14)11-13-17/h4-5,8-9H,6-7,10-13,18H2,1-3H3. The molecule has 98 valence electrons. The molecule has 1 aliphatic rings. The van der Waals surface area contributed by atoms with Crippen molar-refractivity contribution >= 4 is 7.85 Å². The van der Waals surface area contributed by atoms with Crippen LogP contribution in [0.25, 0.3) is 0 Å². The van der Waals surface area contributed by atoms with Crippen LogP contribution >= 0.6 is 0 Å². The third-order valence-electron chi connectivity index (χ3n) is 5.30. The molecular weight excluding hydrogens is 215 g/mol. The predicted octanol–water partition coefficient (Wildman–Crippen LogP) is 4.18. The van der Waals surface area contributed by atoms with E-state index in [1.165, 1.54) is 38.5 Å². The molecule has 0 bridgehead atoms. The van der Waals surface area contributed by atoms with Gasteiger partial charge in [-0.1, -0.05) is 69.6 Å². The molecule has 18 heavy (non-hydrogen) atoms. The van der Waals surface area contributed by atoms with Crippen molar-refractivity contribution in [3.63, 3.8) is 0 Å². The quantitative estimate of drug-likeness (QED) is 0.598. The van der Waals surface area contributed by atoms with Crippen molar-refractivity contribution in [2.45, 2.75) is 64.6 Å². The Morgan fingerprint density at radius 1 is 0.944 bits per heavy atom. The van der Waals surface area contributed by atoms with Gasteiger partial charge in [-0.05, 0) is 35.8 Å². The van der Waals surface area contributed by atoms with E-state index in [0.717, 1.165) is 0 Å². The fraction of sp³-hybridized carbons (Fsp3) is 0.647. The molecule has 0 fully saturated rings. The zero-order valence-corrected chi connectivity index (χ0v) is 12.6. The van der Waals surface area contributed by atoms with E-state index >= 15 is 0 Å². The second-order valence-electron chi connectivity index (χ2n) is 7.29. The Labute approximate surface area is 114 Å². The van der Waals surface area contributed by atoms with Gasteiger partial charge < -0.3 is 0 Å². The van der Waals surface area contributed by atoms with Crippen molar-refractivity contribution < 1.29 is 0 Å². The zero-order valence-electron chi connectivity index (χ0n) is 12.6. The molecule has 1 aromatic carbocycles. The van der Waals surface area contributed by atoms with E-state index in [1.54, 1.807) is 11.1 Å². The van der Waals surface area contributed by atoms with Gasteiger partial charge in [0.25, 0.3) is 0 Å². The van der Waals surface area contributed by atoms with Crippen LogP contribution in [-0.4, -0.2) is 7.85 Å². The van der Waals surface area contributed by atoms with Crippen LogP contribution in [0, 0.1) is 5.41 Å². The van der Waals surface area contributed by atoms with Crippen molar-refractivity contribution in [3.8, 4) is 0 Å². The monoisotopic (exact) mass is 242 g/mol. The summed E-state index contributed by atoms with van der Waals surface area (Å²) in [6, 6.07) is 9.06.